The van der Waals surface area contributed by atoms with Gasteiger partial charge in [-0.15, -0.1) is 0 Å². The van der Waals surface area contributed by atoms with E-state index in [0.29, 0.717) is 39.8 Å². The number of rotatable bonds is 9. The molecule has 0 bridgehead atoms. The van der Waals surface area contributed by atoms with E-state index in [4.69, 9.17) is 23.9 Å². The maximum atomic E-state index is 13.6. The zero-order chi connectivity index (χ0) is 24.8. The van der Waals surface area contributed by atoms with Gasteiger partial charge in [0.1, 0.15) is 21.7 Å². The number of hydrogen-bond donors (Lipinski definition) is 0. The van der Waals surface area contributed by atoms with Crippen LogP contribution in [0.15, 0.2) is 36.4 Å². The average Bonchev–Trinajstić information content (AvgIpc) is 3.35. The maximum absolute atomic E-state index is 13.6. The fraction of sp³-hybridized carbons (Fsp3) is 0.400. The zero-order valence-corrected chi connectivity index (χ0v) is 20.9. The molecule has 10 heteroatoms. The number of benzene rings is 2. The summed E-state index contributed by atoms with van der Waals surface area (Å²) < 4.78 is 22.0. The van der Waals surface area contributed by atoms with Gasteiger partial charge in [0.15, 0.2) is 5.13 Å². The van der Waals surface area contributed by atoms with Crippen molar-refractivity contribution in [1.82, 2.24) is 9.88 Å². The number of aromatic nitrogens is 1. The van der Waals surface area contributed by atoms with Gasteiger partial charge in [-0.3, -0.25) is 14.6 Å². The smallest absolute Gasteiger partial charge is 0.337 e. The lowest BCUT2D eigenvalue weighted by Gasteiger charge is -2.27. The van der Waals surface area contributed by atoms with Crippen molar-refractivity contribution in [2.75, 3.05) is 65.6 Å². The van der Waals surface area contributed by atoms with Crippen molar-refractivity contribution in [3.8, 4) is 11.5 Å². The Kier molecular flexibility index (Phi) is 8.17. The summed E-state index contributed by atoms with van der Waals surface area (Å²) in [5.41, 5.74) is 1.50. The quantitative estimate of drug-likeness (QED) is 0.414. The van der Waals surface area contributed by atoms with Gasteiger partial charge in [-0.1, -0.05) is 11.3 Å². The van der Waals surface area contributed by atoms with E-state index in [1.807, 2.05) is 6.07 Å². The van der Waals surface area contributed by atoms with Crippen LogP contribution in [-0.2, 0) is 9.47 Å². The summed E-state index contributed by atoms with van der Waals surface area (Å²) in [6, 6.07) is 10.1. The molecule has 1 aromatic heterocycles. The Hall–Kier alpha value is -3.21. The first kappa shape index (κ1) is 24.9. The molecule has 186 valence electrons. The van der Waals surface area contributed by atoms with Gasteiger partial charge in [0, 0.05) is 31.7 Å². The fourth-order valence-corrected chi connectivity index (χ4v) is 5.07. The fourth-order valence-electron chi connectivity index (χ4n) is 3.97. The number of hydrogen-bond acceptors (Lipinski definition) is 9. The second-order valence-corrected chi connectivity index (χ2v) is 8.96. The van der Waals surface area contributed by atoms with Crippen LogP contribution in [-0.4, -0.2) is 82.5 Å². The van der Waals surface area contributed by atoms with Crippen LogP contribution in [0.3, 0.4) is 0 Å². The van der Waals surface area contributed by atoms with E-state index in [1.165, 1.54) is 18.4 Å². The van der Waals surface area contributed by atoms with Gasteiger partial charge in [-0.05, 0) is 42.8 Å². The standard InChI is InChI=1S/C25H29N3O6S/c1-31-19-9-10-20(32-2)22-21(19)26-25(35-22)28(12-4-11-27-13-15-34-16-14-27)23(29)17-5-7-18(8-6-17)24(30)33-3/h5-10H,4,11-16H2,1-3H3. The van der Waals surface area contributed by atoms with Gasteiger partial charge in [-0.25, -0.2) is 9.78 Å². The number of carbonyl (C=O) groups is 2. The number of ether oxygens (including phenoxy) is 4. The Morgan fingerprint density at radius 2 is 1.66 bits per heavy atom. The summed E-state index contributed by atoms with van der Waals surface area (Å²) in [5, 5.41) is 0.562. The van der Waals surface area contributed by atoms with E-state index in [9.17, 15) is 9.59 Å². The molecule has 0 unspecified atom stereocenters. The molecular weight excluding hydrogens is 470 g/mol. The minimum absolute atomic E-state index is 0.194. The highest BCUT2D eigenvalue weighted by Gasteiger charge is 2.24. The topological polar surface area (TPSA) is 90.4 Å². The third-order valence-corrected chi connectivity index (χ3v) is 6.98. The van der Waals surface area contributed by atoms with Crippen LogP contribution in [0.1, 0.15) is 27.1 Å². The second kappa shape index (κ2) is 11.5. The molecule has 0 N–H and O–H groups in total. The van der Waals surface area contributed by atoms with Crippen LogP contribution < -0.4 is 14.4 Å². The summed E-state index contributed by atoms with van der Waals surface area (Å²) in [6.07, 6.45) is 0.774. The Morgan fingerprint density at radius 3 is 2.31 bits per heavy atom. The molecule has 1 aliphatic rings. The average molecular weight is 500 g/mol. The van der Waals surface area contributed by atoms with Gasteiger partial charge in [0.2, 0.25) is 0 Å². The number of fused-ring (bicyclic) bond motifs is 1. The zero-order valence-electron chi connectivity index (χ0n) is 20.1. The molecule has 1 amide bonds. The summed E-state index contributed by atoms with van der Waals surface area (Å²) in [7, 11) is 4.52. The molecule has 35 heavy (non-hydrogen) atoms. The molecule has 9 nitrogen and oxygen atoms in total. The second-order valence-electron chi connectivity index (χ2n) is 7.98. The number of anilines is 1. The van der Waals surface area contributed by atoms with Crippen LogP contribution in [0.4, 0.5) is 5.13 Å². The number of esters is 1. The van der Waals surface area contributed by atoms with Crippen LogP contribution in [0.25, 0.3) is 10.2 Å². The maximum Gasteiger partial charge on any atom is 0.337 e. The minimum atomic E-state index is -0.447. The largest absolute Gasteiger partial charge is 0.495 e. The summed E-state index contributed by atoms with van der Waals surface area (Å²) in [4.78, 5) is 34.2. The number of thiazole rings is 1. The SMILES string of the molecule is COC(=O)c1ccc(C(=O)N(CCCN2CCOCC2)c2nc3c(OC)ccc(OC)c3s2)cc1. The minimum Gasteiger partial charge on any atom is -0.495 e. The van der Waals surface area contributed by atoms with Crippen LogP contribution >= 0.6 is 11.3 Å². The molecule has 2 aromatic carbocycles. The van der Waals surface area contributed by atoms with E-state index in [0.717, 1.165) is 44.0 Å². The van der Waals surface area contributed by atoms with E-state index in [2.05, 4.69) is 4.90 Å². The predicted molar refractivity (Wildman–Crippen MR) is 134 cm³/mol. The highest BCUT2D eigenvalue weighted by atomic mass is 32.1. The summed E-state index contributed by atoms with van der Waals surface area (Å²) in [6.45, 7) is 4.57. The van der Waals surface area contributed by atoms with Crippen molar-refractivity contribution >= 4 is 38.6 Å². The number of morpholine rings is 1. The van der Waals surface area contributed by atoms with Gasteiger partial charge in [0.25, 0.3) is 5.91 Å². The third-order valence-electron chi connectivity index (χ3n) is 5.89. The van der Waals surface area contributed by atoms with Crippen LogP contribution in [0, 0.1) is 0 Å². The highest BCUT2D eigenvalue weighted by Crippen LogP contribution is 2.40. The normalized spacial score (nSPS) is 14.0. The van der Waals surface area contributed by atoms with E-state index in [-0.39, 0.29) is 5.91 Å². The van der Waals surface area contributed by atoms with Crippen LogP contribution in [0.2, 0.25) is 0 Å². The highest BCUT2D eigenvalue weighted by molar-refractivity contribution is 7.22. The van der Waals surface area contributed by atoms with Crippen LogP contribution in [0.5, 0.6) is 11.5 Å². The Labute approximate surface area is 208 Å². The molecule has 4 rings (SSSR count). The number of carbonyl (C=O) groups excluding carboxylic acids is 2. The lowest BCUT2D eigenvalue weighted by molar-refractivity contribution is 0.0376. The first-order valence-corrected chi connectivity index (χ1v) is 12.2. The first-order valence-electron chi connectivity index (χ1n) is 11.4. The molecular formula is C25H29N3O6S. The van der Waals surface area contributed by atoms with Crippen molar-refractivity contribution in [3.63, 3.8) is 0 Å². The summed E-state index contributed by atoms with van der Waals surface area (Å²) in [5.74, 6) is 0.649. The number of nitrogens with zero attached hydrogens (tertiary/aromatic N) is 3. The molecule has 0 saturated carbocycles. The van der Waals surface area contributed by atoms with Gasteiger partial charge >= 0.3 is 5.97 Å². The lowest BCUT2D eigenvalue weighted by Crippen LogP contribution is -2.39. The van der Waals surface area contributed by atoms with Gasteiger partial charge in [0.05, 0.1) is 40.1 Å². The number of amides is 1. The van der Waals surface area contributed by atoms with Crippen molar-refractivity contribution < 1.29 is 28.5 Å². The van der Waals surface area contributed by atoms with E-state index >= 15 is 0 Å². The Balaban J connectivity index is 1.64. The molecule has 1 aliphatic heterocycles. The molecule has 1 fully saturated rings. The van der Waals surface area contributed by atoms with Crippen molar-refractivity contribution in [2.45, 2.75) is 6.42 Å². The Morgan fingerprint density at radius 1 is 1.00 bits per heavy atom. The molecule has 0 atom stereocenters. The van der Waals surface area contributed by atoms with Crippen molar-refractivity contribution in [3.05, 3.63) is 47.5 Å². The number of methoxy groups -OCH3 is 3. The monoisotopic (exact) mass is 499 g/mol. The molecule has 0 spiro atoms. The van der Waals surface area contributed by atoms with Crippen molar-refractivity contribution in [1.29, 1.82) is 0 Å². The third kappa shape index (κ3) is 5.55. The van der Waals surface area contributed by atoms with Gasteiger partial charge < -0.3 is 18.9 Å². The van der Waals surface area contributed by atoms with Gasteiger partial charge in [-0.2, -0.15) is 0 Å². The summed E-state index contributed by atoms with van der Waals surface area (Å²) >= 11 is 1.39. The lowest BCUT2D eigenvalue weighted by atomic mass is 10.1. The predicted octanol–water partition coefficient (Wildman–Crippen LogP) is 3.47. The molecule has 3 aromatic rings. The molecule has 0 aliphatic carbocycles. The molecule has 0 radical (unpaired) electrons. The van der Waals surface area contributed by atoms with E-state index < -0.39 is 5.97 Å². The molecule has 2 heterocycles. The molecule has 1 saturated heterocycles. The van der Waals surface area contributed by atoms with Crippen molar-refractivity contribution in [2.24, 2.45) is 0 Å². The van der Waals surface area contributed by atoms with E-state index in [1.54, 1.807) is 49.5 Å². The Bertz CT molecular complexity index is 1130. The first-order chi connectivity index (χ1) is 17.0.